The fourth-order valence-corrected chi connectivity index (χ4v) is 2.16. The summed E-state index contributed by atoms with van der Waals surface area (Å²) in [6, 6.07) is 19.4. The number of hydrogen-bond acceptors (Lipinski definition) is 4. The molecule has 5 nitrogen and oxygen atoms in total. The minimum atomic E-state index is -0.234. The lowest BCUT2D eigenvalue weighted by molar-refractivity contribution is -0.121. The number of amides is 1. The topological polar surface area (TPSA) is 64.1 Å². The molecule has 1 amide bonds. The van der Waals surface area contributed by atoms with E-state index in [0.717, 1.165) is 11.1 Å². The number of hydrogen-bond donors (Lipinski definition) is 1. The molecule has 0 aliphatic rings. The summed E-state index contributed by atoms with van der Waals surface area (Å²) >= 11 is 0. The van der Waals surface area contributed by atoms with Gasteiger partial charge in [-0.1, -0.05) is 60.7 Å². The van der Waals surface area contributed by atoms with Crippen LogP contribution in [0.25, 0.3) is 11.4 Å². The van der Waals surface area contributed by atoms with Gasteiger partial charge in [0.25, 0.3) is 0 Å². The van der Waals surface area contributed by atoms with Gasteiger partial charge >= 0.3 is 0 Å². The van der Waals surface area contributed by atoms with E-state index in [4.69, 9.17) is 4.74 Å². The molecular weight excluding hydrogens is 302 g/mol. The second-order valence-electron chi connectivity index (χ2n) is 5.19. The van der Waals surface area contributed by atoms with Crippen LogP contribution in [-0.4, -0.2) is 22.5 Å². The third-order valence-corrected chi connectivity index (χ3v) is 3.31. The molecule has 120 valence electrons. The van der Waals surface area contributed by atoms with Crippen molar-refractivity contribution in [1.82, 2.24) is 9.97 Å². The molecule has 3 rings (SSSR count). The van der Waals surface area contributed by atoms with Crippen molar-refractivity contribution < 1.29 is 9.53 Å². The SMILES string of the molecule is O=C(COCc1ccccc1)Nc1cnc(-c2ccccc2)nc1. The van der Waals surface area contributed by atoms with E-state index in [9.17, 15) is 4.79 Å². The van der Waals surface area contributed by atoms with E-state index < -0.39 is 0 Å². The molecule has 2 aromatic carbocycles. The fourth-order valence-electron chi connectivity index (χ4n) is 2.16. The standard InChI is InChI=1S/C19H17N3O2/c23-18(14-24-13-15-7-3-1-4-8-15)22-17-11-20-19(21-12-17)16-9-5-2-6-10-16/h1-12H,13-14H2,(H,22,23). The summed E-state index contributed by atoms with van der Waals surface area (Å²) < 4.78 is 5.39. The smallest absolute Gasteiger partial charge is 0.250 e. The number of benzene rings is 2. The van der Waals surface area contributed by atoms with Gasteiger partial charge in [-0.05, 0) is 5.56 Å². The number of aromatic nitrogens is 2. The van der Waals surface area contributed by atoms with E-state index >= 15 is 0 Å². The number of ether oxygens (including phenoxy) is 1. The van der Waals surface area contributed by atoms with Crippen LogP contribution in [-0.2, 0) is 16.1 Å². The first kappa shape index (κ1) is 15.8. The molecule has 0 aliphatic heterocycles. The van der Waals surface area contributed by atoms with Gasteiger partial charge in [0.2, 0.25) is 5.91 Å². The van der Waals surface area contributed by atoms with Gasteiger partial charge in [0.05, 0.1) is 24.7 Å². The maximum Gasteiger partial charge on any atom is 0.250 e. The lowest BCUT2D eigenvalue weighted by Gasteiger charge is -2.06. The van der Waals surface area contributed by atoms with E-state index in [-0.39, 0.29) is 12.5 Å². The molecule has 0 bridgehead atoms. The van der Waals surface area contributed by atoms with E-state index in [1.165, 1.54) is 0 Å². The highest BCUT2D eigenvalue weighted by atomic mass is 16.5. The molecule has 0 unspecified atom stereocenters. The van der Waals surface area contributed by atoms with Crippen molar-refractivity contribution in [3.8, 4) is 11.4 Å². The molecule has 0 saturated carbocycles. The third kappa shape index (κ3) is 4.47. The zero-order chi connectivity index (χ0) is 16.6. The van der Waals surface area contributed by atoms with E-state index in [1.807, 2.05) is 60.7 Å². The van der Waals surface area contributed by atoms with Gasteiger partial charge in [-0.2, -0.15) is 0 Å². The van der Waals surface area contributed by atoms with Crippen molar-refractivity contribution in [2.45, 2.75) is 6.61 Å². The van der Waals surface area contributed by atoms with Crippen LogP contribution in [0.2, 0.25) is 0 Å². The van der Waals surface area contributed by atoms with Gasteiger partial charge < -0.3 is 10.1 Å². The summed E-state index contributed by atoms with van der Waals surface area (Å²) in [5, 5.41) is 2.72. The number of rotatable bonds is 6. The molecule has 24 heavy (non-hydrogen) atoms. The highest BCUT2D eigenvalue weighted by molar-refractivity contribution is 5.91. The Morgan fingerprint density at radius 3 is 2.21 bits per heavy atom. The van der Waals surface area contributed by atoms with Gasteiger partial charge in [-0.15, -0.1) is 0 Å². The van der Waals surface area contributed by atoms with Gasteiger partial charge in [-0.3, -0.25) is 4.79 Å². The summed E-state index contributed by atoms with van der Waals surface area (Å²) in [6.45, 7) is 0.382. The van der Waals surface area contributed by atoms with Gasteiger partial charge in [0.15, 0.2) is 5.82 Å². The van der Waals surface area contributed by atoms with Crippen LogP contribution in [0.3, 0.4) is 0 Å². The zero-order valence-electron chi connectivity index (χ0n) is 13.1. The summed E-state index contributed by atoms with van der Waals surface area (Å²) in [7, 11) is 0. The van der Waals surface area contributed by atoms with Crippen molar-refractivity contribution in [2.75, 3.05) is 11.9 Å². The van der Waals surface area contributed by atoms with Gasteiger partial charge in [-0.25, -0.2) is 9.97 Å². The molecule has 3 aromatic rings. The van der Waals surface area contributed by atoms with Crippen LogP contribution in [0.1, 0.15) is 5.56 Å². The minimum absolute atomic E-state index is 0.0185. The Morgan fingerprint density at radius 2 is 1.54 bits per heavy atom. The van der Waals surface area contributed by atoms with E-state index in [0.29, 0.717) is 18.1 Å². The Labute approximate surface area is 140 Å². The van der Waals surface area contributed by atoms with Crippen LogP contribution >= 0.6 is 0 Å². The monoisotopic (exact) mass is 319 g/mol. The lowest BCUT2D eigenvalue weighted by Crippen LogP contribution is -2.18. The summed E-state index contributed by atoms with van der Waals surface area (Å²) in [4.78, 5) is 20.4. The summed E-state index contributed by atoms with van der Waals surface area (Å²) in [5.41, 5.74) is 2.51. The largest absolute Gasteiger partial charge is 0.367 e. The molecule has 1 aromatic heterocycles. The summed E-state index contributed by atoms with van der Waals surface area (Å²) in [5.74, 6) is 0.385. The van der Waals surface area contributed by atoms with Crippen molar-refractivity contribution in [2.24, 2.45) is 0 Å². The fraction of sp³-hybridized carbons (Fsp3) is 0.105. The van der Waals surface area contributed by atoms with Crippen LogP contribution < -0.4 is 5.32 Å². The minimum Gasteiger partial charge on any atom is -0.367 e. The Kier molecular flexibility index (Phi) is 5.27. The zero-order valence-corrected chi connectivity index (χ0v) is 13.1. The molecule has 1 heterocycles. The molecule has 0 atom stereocenters. The van der Waals surface area contributed by atoms with Crippen LogP contribution in [0, 0.1) is 0 Å². The van der Waals surface area contributed by atoms with Crippen LogP contribution in [0.5, 0.6) is 0 Å². The predicted molar refractivity (Wildman–Crippen MR) is 92.2 cm³/mol. The van der Waals surface area contributed by atoms with Gasteiger partial charge in [0.1, 0.15) is 6.61 Å². The number of anilines is 1. The average Bonchev–Trinajstić information content (AvgIpc) is 2.64. The van der Waals surface area contributed by atoms with E-state index in [2.05, 4.69) is 15.3 Å². The Morgan fingerprint density at radius 1 is 0.917 bits per heavy atom. The number of nitrogens with one attached hydrogen (secondary N) is 1. The number of nitrogens with zero attached hydrogens (tertiary/aromatic N) is 2. The average molecular weight is 319 g/mol. The molecule has 0 saturated heterocycles. The summed E-state index contributed by atoms with van der Waals surface area (Å²) in [6.07, 6.45) is 3.18. The highest BCUT2D eigenvalue weighted by Gasteiger charge is 2.05. The van der Waals surface area contributed by atoms with Crippen LogP contribution in [0.4, 0.5) is 5.69 Å². The number of carbonyl (C=O) groups is 1. The maximum absolute atomic E-state index is 11.9. The molecule has 1 N–H and O–H groups in total. The second kappa shape index (κ2) is 7.99. The molecule has 0 spiro atoms. The molecule has 0 fully saturated rings. The number of carbonyl (C=O) groups excluding carboxylic acids is 1. The molecule has 0 aliphatic carbocycles. The van der Waals surface area contributed by atoms with Gasteiger partial charge in [0, 0.05) is 5.56 Å². The second-order valence-corrected chi connectivity index (χ2v) is 5.19. The van der Waals surface area contributed by atoms with Crippen molar-refractivity contribution >= 4 is 11.6 Å². The molecule has 0 radical (unpaired) electrons. The normalized spacial score (nSPS) is 10.3. The lowest BCUT2D eigenvalue weighted by atomic mass is 10.2. The van der Waals surface area contributed by atoms with Crippen LogP contribution in [0.15, 0.2) is 73.1 Å². The molecule has 5 heteroatoms. The first-order chi connectivity index (χ1) is 11.8. The van der Waals surface area contributed by atoms with Crippen molar-refractivity contribution in [1.29, 1.82) is 0 Å². The third-order valence-electron chi connectivity index (χ3n) is 3.31. The van der Waals surface area contributed by atoms with E-state index in [1.54, 1.807) is 12.4 Å². The first-order valence-corrected chi connectivity index (χ1v) is 7.60. The predicted octanol–water partition coefficient (Wildman–Crippen LogP) is 3.30. The maximum atomic E-state index is 11.9. The first-order valence-electron chi connectivity index (χ1n) is 7.60. The Bertz CT molecular complexity index is 775. The Balaban J connectivity index is 1.49. The molecular formula is C19H17N3O2. The Hall–Kier alpha value is -3.05. The van der Waals surface area contributed by atoms with Crippen molar-refractivity contribution in [3.05, 3.63) is 78.6 Å². The van der Waals surface area contributed by atoms with Crippen molar-refractivity contribution in [3.63, 3.8) is 0 Å². The quantitative estimate of drug-likeness (QED) is 0.757. The highest BCUT2D eigenvalue weighted by Crippen LogP contribution is 2.14.